The van der Waals surface area contributed by atoms with E-state index in [9.17, 15) is 18.0 Å². The standard InChI is InChI=1S/C25H22F3N5O4/c1-15-12-20(33-29-9-10-30-33)17(13-22(15)35-2)24(34)32-11-5-7-19(32)18-14-23(37-31-18)16-6-3-4-8-21(16)36-25(26,27)28/h3-4,6,8-10,12-14,19H,5,7,11H2,1-2H3/t19-/m0/s1. The highest BCUT2D eigenvalue weighted by molar-refractivity contribution is 5.98. The molecule has 12 heteroatoms. The molecule has 0 unspecified atom stereocenters. The molecule has 9 nitrogen and oxygen atoms in total. The summed E-state index contributed by atoms with van der Waals surface area (Å²) in [7, 11) is 1.53. The lowest BCUT2D eigenvalue weighted by Crippen LogP contribution is -2.31. The molecule has 2 aromatic carbocycles. The molecule has 0 radical (unpaired) electrons. The smallest absolute Gasteiger partial charge is 0.496 e. The molecule has 1 aliphatic heterocycles. The summed E-state index contributed by atoms with van der Waals surface area (Å²) in [5, 5.41) is 12.4. The van der Waals surface area contributed by atoms with Crippen LogP contribution in [0.2, 0.25) is 0 Å². The van der Waals surface area contributed by atoms with Gasteiger partial charge in [0.2, 0.25) is 0 Å². The molecular formula is C25H22F3N5O4. The van der Waals surface area contributed by atoms with E-state index in [1.54, 1.807) is 29.2 Å². The van der Waals surface area contributed by atoms with E-state index in [0.29, 0.717) is 42.1 Å². The van der Waals surface area contributed by atoms with Gasteiger partial charge >= 0.3 is 6.36 Å². The number of carbonyl (C=O) groups excluding carboxylic acids is 1. The average molecular weight is 513 g/mol. The zero-order valence-electron chi connectivity index (χ0n) is 19.9. The summed E-state index contributed by atoms with van der Waals surface area (Å²) >= 11 is 0. The van der Waals surface area contributed by atoms with Crippen molar-refractivity contribution in [3.05, 3.63) is 71.7 Å². The molecule has 0 N–H and O–H groups in total. The van der Waals surface area contributed by atoms with Gasteiger partial charge < -0.3 is 18.9 Å². The maximum absolute atomic E-state index is 13.8. The van der Waals surface area contributed by atoms with Crippen LogP contribution in [0.5, 0.6) is 11.5 Å². The van der Waals surface area contributed by atoms with Gasteiger partial charge in [0, 0.05) is 12.6 Å². The van der Waals surface area contributed by atoms with E-state index >= 15 is 0 Å². The fourth-order valence-electron chi connectivity index (χ4n) is 4.50. The van der Waals surface area contributed by atoms with Crippen LogP contribution in [0.3, 0.4) is 0 Å². The van der Waals surface area contributed by atoms with Crippen LogP contribution >= 0.6 is 0 Å². The number of likely N-dealkylation sites (tertiary alicyclic amines) is 1. The summed E-state index contributed by atoms with van der Waals surface area (Å²) in [5.41, 5.74) is 2.19. The first-order valence-electron chi connectivity index (χ1n) is 11.4. The third-order valence-electron chi connectivity index (χ3n) is 6.14. The van der Waals surface area contributed by atoms with E-state index < -0.39 is 18.2 Å². The molecule has 0 bridgehead atoms. The van der Waals surface area contributed by atoms with Crippen LogP contribution < -0.4 is 9.47 Å². The van der Waals surface area contributed by atoms with Crippen LogP contribution in [0.4, 0.5) is 13.2 Å². The van der Waals surface area contributed by atoms with Crippen LogP contribution in [-0.4, -0.2) is 51.0 Å². The van der Waals surface area contributed by atoms with Gasteiger partial charge in [0.25, 0.3) is 5.91 Å². The van der Waals surface area contributed by atoms with Gasteiger partial charge in [-0.3, -0.25) is 4.79 Å². The molecule has 2 aromatic heterocycles. The fraction of sp³-hybridized carbons (Fsp3) is 0.280. The van der Waals surface area contributed by atoms with Crippen LogP contribution in [0.15, 0.2) is 59.4 Å². The largest absolute Gasteiger partial charge is 0.573 e. The fourth-order valence-corrected chi connectivity index (χ4v) is 4.50. The van der Waals surface area contributed by atoms with Crippen LogP contribution in [0.25, 0.3) is 17.0 Å². The Morgan fingerprint density at radius 2 is 1.86 bits per heavy atom. The molecular weight excluding hydrogens is 491 g/mol. The number of nitrogens with zero attached hydrogens (tertiary/aromatic N) is 5. The molecule has 1 fully saturated rings. The van der Waals surface area contributed by atoms with Crippen molar-refractivity contribution in [1.29, 1.82) is 0 Å². The van der Waals surface area contributed by atoms with Crippen LogP contribution in [0.1, 0.15) is 40.5 Å². The number of hydrogen-bond acceptors (Lipinski definition) is 7. The number of hydrogen-bond donors (Lipinski definition) is 0. The monoisotopic (exact) mass is 513 g/mol. The van der Waals surface area contributed by atoms with Crippen LogP contribution in [0, 0.1) is 6.92 Å². The van der Waals surface area contributed by atoms with Crippen molar-refractivity contribution in [3.63, 3.8) is 0 Å². The molecule has 192 valence electrons. The lowest BCUT2D eigenvalue weighted by Gasteiger charge is -2.24. The second-order valence-corrected chi connectivity index (χ2v) is 8.47. The number of methoxy groups -OCH3 is 1. The Hall–Kier alpha value is -4.35. The lowest BCUT2D eigenvalue weighted by molar-refractivity contribution is -0.274. The first-order chi connectivity index (χ1) is 17.7. The predicted octanol–water partition coefficient (Wildman–Crippen LogP) is 5.12. The van der Waals surface area contributed by atoms with Crippen molar-refractivity contribution >= 4 is 5.91 Å². The van der Waals surface area contributed by atoms with E-state index in [0.717, 1.165) is 5.56 Å². The van der Waals surface area contributed by atoms with Crippen molar-refractivity contribution in [3.8, 4) is 28.5 Å². The van der Waals surface area contributed by atoms with Gasteiger partial charge in [0.15, 0.2) is 5.76 Å². The third kappa shape index (κ3) is 4.86. The number of benzene rings is 2. The summed E-state index contributed by atoms with van der Waals surface area (Å²) in [6.45, 7) is 2.32. The second-order valence-electron chi connectivity index (χ2n) is 8.47. The van der Waals surface area contributed by atoms with Gasteiger partial charge in [-0.15, -0.1) is 13.2 Å². The highest BCUT2D eigenvalue weighted by atomic mass is 19.4. The summed E-state index contributed by atoms with van der Waals surface area (Å²) in [5.74, 6) is -0.0359. The van der Waals surface area contributed by atoms with Gasteiger partial charge in [0.05, 0.1) is 42.4 Å². The Kier molecular flexibility index (Phi) is 6.32. The topological polar surface area (TPSA) is 95.5 Å². The molecule has 4 aromatic rings. The minimum atomic E-state index is -4.86. The van der Waals surface area contributed by atoms with Gasteiger partial charge in [-0.25, -0.2) is 0 Å². The van der Waals surface area contributed by atoms with E-state index in [-0.39, 0.29) is 17.2 Å². The zero-order chi connectivity index (χ0) is 26.2. The Labute approximate surface area is 209 Å². The molecule has 0 aliphatic carbocycles. The zero-order valence-corrected chi connectivity index (χ0v) is 19.9. The molecule has 5 rings (SSSR count). The quantitative estimate of drug-likeness (QED) is 0.353. The van der Waals surface area contributed by atoms with Gasteiger partial charge in [-0.2, -0.15) is 15.0 Å². The molecule has 1 amide bonds. The van der Waals surface area contributed by atoms with Gasteiger partial charge in [0.1, 0.15) is 17.2 Å². The van der Waals surface area contributed by atoms with Crippen molar-refractivity contribution in [2.24, 2.45) is 0 Å². The van der Waals surface area contributed by atoms with E-state index in [2.05, 4.69) is 20.1 Å². The number of alkyl halides is 3. The first-order valence-corrected chi connectivity index (χ1v) is 11.4. The maximum Gasteiger partial charge on any atom is 0.573 e. The van der Waals surface area contributed by atoms with E-state index in [1.807, 2.05) is 6.92 Å². The molecule has 0 saturated carbocycles. The average Bonchev–Trinajstić information content (AvgIpc) is 3.64. The number of aromatic nitrogens is 4. The highest BCUT2D eigenvalue weighted by Crippen LogP contribution is 2.39. The first kappa shape index (κ1) is 24.3. The normalized spacial score (nSPS) is 15.7. The van der Waals surface area contributed by atoms with Crippen molar-refractivity contribution in [2.75, 3.05) is 13.7 Å². The van der Waals surface area contributed by atoms with Crippen molar-refractivity contribution < 1.29 is 32.0 Å². The van der Waals surface area contributed by atoms with Crippen molar-refractivity contribution in [1.82, 2.24) is 25.1 Å². The maximum atomic E-state index is 13.8. The number of carbonyl (C=O) groups is 1. The number of amides is 1. The Morgan fingerprint density at radius 3 is 2.59 bits per heavy atom. The second kappa shape index (κ2) is 9.60. The minimum absolute atomic E-state index is 0.102. The number of ether oxygens (including phenoxy) is 2. The Morgan fingerprint density at radius 1 is 1.11 bits per heavy atom. The van der Waals surface area contributed by atoms with Crippen LogP contribution in [-0.2, 0) is 0 Å². The third-order valence-corrected chi connectivity index (χ3v) is 6.14. The minimum Gasteiger partial charge on any atom is -0.496 e. The number of rotatable bonds is 6. The Bertz CT molecular complexity index is 1420. The number of aryl methyl sites for hydroxylation is 1. The van der Waals surface area contributed by atoms with Gasteiger partial charge in [-0.1, -0.05) is 17.3 Å². The lowest BCUT2D eigenvalue weighted by atomic mass is 10.1. The molecule has 1 aliphatic rings. The van der Waals surface area contributed by atoms with E-state index in [4.69, 9.17) is 9.26 Å². The number of para-hydroxylation sites is 1. The molecule has 1 atom stereocenters. The summed E-state index contributed by atoms with van der Waals surface area (Å²) in [6.07, 6.45) is -0.501. The summed E-state index contributed by atoms with van der Waals surface area (Å²) in [4.78, 5) is 16.8. The SMILES string of the molecule is COc1cc(C(=O)N2CCC[C@H]2c2cc(-c3ccccc3OC(F)(F)F)on2)c(-n2nccn2)cc1C. The molecule has 0 spiro atoms. The Balaban J connectivity index is 1.48. The summed E-state index contributed by atoms with van der Waals surface area (Å²) in [6, 6.07) is 10.2. The van der Waals surface area contributed by atoms with Gasteiger partial charge in [-0.05, 0) is 49.6 Å². The molecule has 1 saturated heterocycles. The molecule has 3 heterocycles. The van der Waals surface area contributed by atoms with Crippen molar-refractivity contribution in [2.45, 2.75) is 32.2 Å². The predicted molar refractivity (Wildman–Crippen MR) is 124 cm³/mol. The number of halogens is 3. The van der Waals surface area contributed by atoms with E-state index in [1.165, 1.54) is 42.5 Å². The molecule has 37 heavy (non-hydrogen) atoms. The highest BCUT2D eigenvalue weighted by Gasteiger charge is 2.36. The summed E-state index contributed by atoms with van der Waals surface area (Å²) < 4.78 is 53.6.